The molecule has 2 aromatic carbocycles. The van der Waals surface area contributed by atoms with Gasteiger partial charge in [-0.25, -0.2) is 4.39 Å². The van der Waals surface area contributed by atoms with E-state index in [9.17, 15) is 4.39 Å². The summed E-state index contributed by atoms with van der Waals surface area (Å²) in [4.78, 5) is 6.88. The van der Waals surface area contributed by atoms with Crippen molar-refractivity contribution in [2.24, 2.45) is 0 Å². The van der Waals surface area contributed by atoms with Gasteiger partial charge in [-0.1, -0.05) is 29.1 Å². The van der Waals surface area contributed by atoms with Crippen LogP contribution < -0.4 is 4.84 Å². The molecule has 0 bridgehead atoms. The maximum atomic E-state index is 12.7. The van der Waals surface area contributed by atoms with E-state index < -0.39 is 0 Å². The van der Waals surface area contributed by atoms with Gasteiger partial charge in [-0.2, -0.15) is 0 Å². The summed E-state index contributed by atoms with van der Waals surface area (Å²) in [6.07, 6.45) is 0. The standard InChI is InChI=1S/C13H10FN3O/c14-11-7-5-10(6-8-11)9-18-17-13-4-2-1-3-12(13)15-16-17/h1-8H,9H2. The normalized spacial score (nSPS) is 10.7. The van der Waals surface area contributed by atoms with Crippen LogP contribution in [0.2, 0.25) is 0 Å². The average Bonchev–Trinajstić information content (AvgIpc) is 2.82. The first-order valence-electron chi connectivity index (χ1n) is 5.51. The van der Waals surface area contributed by atoms with E-state index in [1.54, 1.807) is 12.1 Å². The van der Waals surface area contributed by atoms with Crippen LogP contribution in [0.25, 0.3) is 11.0 Å². The fraction of sp³-hybridized carbons (Fsp3) is 0.0769. The van der Waals surface area contributed by atoms with Crippen LogP contribution in [-0.2, 0) is 6.61 Å². The molecule has 0 radical (unpaired) electrons. The highest BCUT2D eigenvalue weighted by atomic mass is 19.1. The van der Waals surface area contributed by atoms with E-state index in [2.05, 4.69) is 10.3 Å². The Hall–Kier alpha value is -2.43. The maximum Gasteiger partial charge on any atom is 0.142 e. The average molecular weight is 243 g/mol. The molecule has 0 amide bonds. The Kier molecular flexibility index (Phi) is 2.64. The second kappa shape index (κ2) is 4.44. The van der Waals surface area contributed by atoms with Gasteiger partial charge in [-0.15, -0.1) is 5.10 Å². The van der Waals surface area contributed by atoms with Crippen LogP contribution in [0.4, 0.5) is 4.39 Å². The van der Waals surface area contributed by atoms with Crippen molar-refractivity contribution in [3.63, 3.8) is 0 Å². The molecule has 90 valence electrons. The molecule has 0 saturated carbocycles. The highest BCUT2D eigenvalue weighted by Crippen LogP contribution is 2.09. The molecule has 0 atom stereocenters. The van der Waals surface area contributed by atoms with Crippen LogP contribution in [0.3, 0.4) is 0 Å². The summed E-state index contributed by atoms with van der Waals surface area (Å²) in [7, 11) is 0. The van der Waals surface area contributed by atoms with Gasteiger partial charge >= 0.3 is 0 Å². The zero-order chi connectivity index (χ0) is 12.4. The number of para-hydroxylation sites is 1. The van der Waals surface area contributed by atoms with Gasteiger partial charge in [-0.05, 0) is 35.0 Å². The number of benzene rings is 2. The second-order valence-electron chi connectivity index (χ2n) is 3.85. The minimum Gasteiger partial charge on any atom is -0.390 e. The summed E-state index contributed by atoms with van der Waals surface area (Å²) >= 11 is 0. The molecule has 4 nitrogen and oxygen atoms in total. The van der Waals surface area contributed by atoms with Crippen LogP contribution in [0.1, 0.15) is 5.56 Å². The molecule has 0 aliphatic carbocycles. The Morgan fingerprint density at radius 2 is 1.83 bits per heavy atom. The number of rotatable bonds is 3. The molecule has 0 fully saturated rings. The van der Waals surface area contributed by atoms with E-state index in [-0.39, 0.29) is 5.82 Å². The van der Waals surface area contributed by atoms with Crippen molar-refractivity contribution < 1.29 is 9.23 Å². The van der Waals surface area contributed by atoms with Crippen LogP contribution in [0.5, 0.6) is 0 Å². The van der Waals surface area contributed by atoms with Crippen molar-refractivity contribution >= 4 is 11.0 Å². The molecule has 18 heavy (non-hydrogen) atoms. The predicted molar refractivity (Wildman–Crippen MR) is 64.2 cm³/mol. The summed E-state index contributed by atoms with van der Waals surface area (Å²) < 4.78 is 12.7. The van der Waals surface area contributed by atoms with Gasteiger partial charge in [0.1, 0.15) is 23.5 Å². The molecule has 0 aliphatic heterocycles. The third-order valence-electron chi connectivity index (χ3n) is 2.59. The van der Waals surface area contributed by atoms with Gasteiger partial charge in [0.2, 0.25) is 0 Å². The van der Waals surface area contributed by atoms with Crippen molar-refractivity contribution in [1.82, 2.24) is 15.2 Å². The highest BCUT2D eigenvalue weighted by molar-refractivity contribution is 5.73. The first kappa shape index (κ1) is 10.7. The van der Waals surface area contributed by atoms with Crippen LogP contribution in [0, 0.1) is 5.82 Å². The number of fused-ring (bicyclic) bond motifs is 1. The molecule has 0 spiro atoms. The van der Waals surface area contributed by atoms with Crippen LogP contribution in [0.15, 0.2) is 48.5 Å². The van der Waals surface area contributed by atoms with Gasteiger partial charge in [0, 0.05) is 0 Å². The van der Waals surface area contributed by atoms with Gasteiger partial charge < -0.3 is 4.84 Å². The second-order valence-corrected chi connectivity index (χ2v) is 3.85. The number of hydrogen-bond acceptors (Lipinski definition) is 3. The summed E-state index contributed by atoms with van der Waals surface area (Å²) in [5, 5.41) is 7.87. The summed E-state index contributed by atoms with van der Waals surface area (Å²) in [6, 6.07) is 13.7. The van der Waals surface area contributed by atoms with Crippen molar-refractivity contribution in [1.29, 1.82) is 0 Å². The van der Waals surface area contributed by atoms with Crippen molar-refractivity contribution in [2.45, 2.75) is 6.61 Å². The molecular weight excluding hydrogens is 233 g/mol. The Balaban J connectivity index is 1.79. The van der Waals surface area contributed by atoms with Crippen LogP contribution in [-0.4, -0.2) is 15.2 Å². The van der Waals surface area contributed by atoms with Gasteiger partial charge in [0.25, 0.3) is 0 Å². The van der Waals surface area contributed by atoms with Crippen molar-refractivity contribution in [3.05, 3.63) is 59.9 Å². The minimum absolute atomic E-state index is 0.259. The molecule has 0 aliphatic rings. The highest BCUT2D eigenvalue weighted by Gasteiger charge is 2.04. The lowest BCUT2D eigenvalue weighted by molar-refractivity contribution is 0.0751. The Morgan fingerprint density at radius 1 is 1.06 bits per heavy atom. The molecule has 3 rings (SSSR count). The quantitative estimate of drug-likeness (QED) is 0.708. The Morgan fingerprint density at radius 3 is 2.67 bits per heavy atom. The molecule has 1 aromatic heterocycles. The monoisotopic (exact) mass is 243 g/mol. The van der Waals surface area contributed by atoms with Gasteiger partial charge in [-0.3, -0.25) is 0 Å². The van der Waals surface area contributed by atoms with E-state index in [4.69, 9.17) is 4.84 Å². The zero-order valence-electron chi connectivity index (χ0n) is 9.45. The lowest BCUT2D eigenvalue weighted by atomic mass is 10.2. The van der Waals surface area contributed by atoms with Gasteiger partial charge in [0.05, 0.1) is 0 Å². The van der Waals surface area contributed by atoms with E-state index in [0.717, 1.165) is 16.6 Å². The summed E-state index contributed by atoms with van der Waals surface area (Å²) in [6.45, 7) is 0.313. The van der Waals surface area contributed by atoms with E-state index in [0.29, 0.717) is 6.61 Å². The summed E-state index contributed by atoms with van der Waals surface area (Å²) in [5.41, 5.74) is 2.45. The topological polar surface area (TPSA) is 39.9 Å². The molecule has 0 unspecified atom stereocenters. The van der Waals surface area contributed by atoms with E-state index in [1.807, 2.05) is 24.3 Å². The molecule has 5 heteroatoms. The molecular formula is C13H10FN3O. The fourth-order valence-corrected chi connectivity index (χ4v) is 1.66. The Bertz CT molecular complexity index is 663. The predicted octanol–water partition coefficient (Wildman–Crippen LogP) is 2.20. The molecule has 1 heterocycles. The Labute approximate surface area is 103 Å². The first-order chi connectivity index (χ1) is 8.83. The zero-order valence-corrected chi connectivity index (χ0v) is 9.45. The lowest BCUT2D eigenvalue weighted by Crippen LogP contribution is -2.12. The number of nitrogens with zero attached hydrogens (tertiary/aromatic N) is 3. The minimum atomic E-state index is -0.259. The smallest absolute Gasteiger partial charge is 0.142 e. The van der Waals surface area contributed by atoms with Crippen LogP contribution >= 0.6 is 0 Å². The molecule has 3 aromatic rings. The lowest BCUT2D eigenvalue weighted by Gasteiger charge is -2.05. The number of hydrogen-bond donors (Lipinski definition) is 0. The SMILES string of the molecule is Fc1ccc(COn2nnc3ccccc32)cc1. The third kappa shape index (κ3) is 2.02. The van der Waals surface area contributed by atoms with E-state index in [1.165, 1.54) is 17.0 Å². The third-order valence-corrected chi connectivity index (χ3v) is 2.59. The van der Waals surface area contributed by atoms with Crippen molar-refractivity contribution in [2.75, 3.05) is 0 Å². The largest absolute Gasteiger partial charge is 0.390 e. The van der Waals surface area contributed by atoms with E-state index >= 15 is 0 Å². The number of halogens is 1. The fourth-order valence-electron chi connectivity index (χ4n) is 1.66. The molecule has 0 N–H and O–H groups in total. The number of aromatic nitrogens is 3. The first-order valence-corrected chi connectivity index (χ1v) is 5.51. The van der Waals surface area contributed by atoms with Crippen molar-refractivity contribution in [3.8, 4) is 0 Å². The summed E-state index contributed by atoms with van der Waals surface area (Å²) in [5.74, 6) is -0.259. The molecule has 0 saturated heterocycles. The maximum absolute atomic E-state index is 12.7. The van der Waals surface area contributed by atoms with Gasteiger partial charge in [0.15, 0.2) is 0 Å².